The number of amides is 1. The number of aromatic nitrogens is 3. The number of fused-ring (bicyclic) bond motifs is 1. The SMILES string of the molecule is Cc1cc(-c2cnccn2)c2cc(C(=O)N3CCOCC3)ccc2n1. The summed E-state index contributed by atoms with van der Waals surface area (Å²) in [5, 5.41) is 0.908. The Morgan fingerprint density at radius 3 is 2.76 bits per heavy atom. The predicted octanol–water partition coefficient (Wildman–Crippen LogP) is 2.47. The van der Waals surface area contributed by atoms with Crippen LogP contribution in [0.1, 0.15) is 16.1 Å². The molecule has 0 unspecified atom stereocenters. The minimum atomic E-state index is 0.0240. The van der Waals surface area contributed by atoms with Gasteiger partial charge in [0.25, 0.3) is 5.91 Å². The first-order chi connectivity index (χ1) is 12.2. The average Bonchev–Trinajstić information content (AvgIpc) is 2.68. The maximum Gasteiger partial charge on any atom is 0.254 e. The first-order valence-corrected chi connectivity index (χ1v) is 8.27. The largest absolute Gasteiger partial charge is 0.378 e. The average molecular weight is 334 g/mol. The molecule has 3 heterocycles. The lowest BCUT2D eigenvalue weighted by Crippen LogP contribution is -2.40. The number of pyridine rings is 1. The van der Waals surface area contributed by atoms with Gasteiger partial charge in [-0.3, -0.25) is 19.7 Å². The molecule has 1 aliphatic rings. The quantitative estimate of drug-likeness (QED) is 0.720. The van der Waals surface area contributed by atoms with Gasteiger partial charge in [-0.15, -0.1) is 0 Å². The van der Waals surface area contributed by atoms with E-state index in [2.05, 4.69) is 15.0 Å². The van der Waals surface area contributed by atoms with E-state index >= 15 is 0 Å². The van der Waals surface area contributed by atoms with E-state index in [0.717, 1.165) is 27.9 Å². The minimum absolute atomic E-state index is 0.0240. The Kier molecular flexibility index (Phi) is 4.11. The van der Waals surface area contributed by atoms with Crippen LogP contribution >= 0.6 is 0 Å². The van der Waals surface area contributed by atoms with E-state index < -0.39 is 0 Å². The lowest BCUT2D eigenvalue weighted by Gasteiger charge is -2.27. The number of carbonyl (C=O) groups excluding carboxylic acids is 1. The highest BCUT2D eigenvalue weighted by Gasteiger charge is 2.19. The van der Waals surface area contributed by atoms with Gasteiger partial charge in [0.15, 0.2) is 0 Å². The van der Waals surface area contributed by atoms with Crippen molar-refractivity contribution < 1.29 is 9.53 Å². The van der Waals surface area contributed by atoms with Crippen LogP contribution in [0.5, 0.6) is 0 Å². The summed E-state index contributed by atoms with van der Waals surface area (Å²) in [6, 6.07) is 7.63. The molecule has 4 rings (SSSR count). The second-order valence-electron chi connectivity index (χ2n) is 6.04. The van der Waals surface area contributed by atoms with Crippen LogP contribution in [0.4, 0.5) is 0 Å². The molecule has 0 bridgehead atoms. The van der Waals surface area contributed by atoms with Gasteiger partial charge in [-0.05, 0) is 31.2 Å². The van der Waals surface area contributed by atoms with E-state index in [1.54, 1.807) is 18.6 Å². The Labute approximate surface area is 145 Å². The molecule has 0 N–H and O–H groups in total. The van der Waals surface area contributed by atoms with Crippen molar-refractivity contribution in [3.8, 4) is 11.3 Å². The van der Waals surface area contributed by atoms with E-state index in [1.165, 1.54) is 0 Å². The second kappa shape index (κ2) is 6.57. The molecule has 1 aliphatic heterocycles. The fraction of sp³-hybridized carbons (Fsp3) is 0.263. The zero-order valence-electron chi connectivity index (χ0n) is 14.0. The van der Waals surface area contributed by atoms with Gasteiger partial charge in [-0.25, -0.2) is 0 Å². The van der Waals surface area contributed by atoms with Crippen LogP contribution in [0.15, 0.2) is 42.9 Å². The zero-order valence-corrected chi connectivity index (χ0v) is 14.0. The number of nitrogens with zero attached hydrogens (tertiary/aromatic N) is 4. The molecule has 0 radical (unpaired) electrons. The molecule has 3 aromatic rings. The summed E-state index contributed by atoms with van der Waals surface area (Å²) in [7, 11) is 0. The molecule has 6 nitrogen and oxygen atoms in total. The Morgan fingerprint density at radius 2 is 2.00 bits per heavy atom. The van der Waals surface area contributed by atoms with E-state index in [1.807, 2.05) is 36.1 Å². The molecule has 1 amide bonds. The van der Waals surface area contributed by atoms with Crippen molar-refractivity contribution in [3.63, 3.8) is 0 Å². The van der Waals surface area contributed by atoms with Crippen LogP contribution in [0.2, 0.25) is 0 Å². The predicted molar refractivity (Wildman–Crippen MR) is 94.2 cm³/mol. The van der Waals surface area contributed by atoms with Gasteiger partial charge in [0.05, 0.1) is 30.6 Å². The molecular formula is C19H18N4O2. The van der Waals surface area contributed by atoms with Crippen molar-refractivity contribution in [2.24, 2.45) is 0 Å². The number of hydrogen-bond donors (Lipinski definition) is 0. The first-order valence-electron chi connectivity index (χ1n) is 8.27. The Hall–Kier alpha value is -2.86. The van der Waals surface area contributed by atoms with Crippen LogP contribution in [0, 0.1) is 6.92 Å². The van der Waals surface area contributed by atoms with Crippen molar-refractivity contribution in [2.45, 2.75) is 6.92 Å². The third kappa shape index (κ3) is 3.08. The maximum atomic E-state index is 12.8. The van der Waals surface area contributed by atoms with Crippen molar-refractivity contribution in [3.05, 3.63) is 54.1 Å². The monoisotopic (exact) mass is 334 g/mol. The number of benzene rings is 1. The number of aryl methyl sites for hydroxylation is 1. The zero-order chi connectivity index (χ0) is 17.2. The number of hydrogen-bond acceptors (Lipinski definition) is 5. The molecule has 126 valence electrons. The van der Waals surface area contributed by atoms with Crippen LogP contribution in [-0.2, 0) is 4.74 Å². The van der Waals surface area contributed by atoms with Gasteiger partial charge >= 0.3 is 0 Å². The Bertz CT molecular complexity index is 921. The normalized spacial score (nSPS) is 14.7. The van der Waals surface area contributed by atoms with Crippen LogP contribution in [0.3, 0.4) is 0 Å². The lowest BCUT2D eigenvalue weighted by molar-refractivity contribution is 0.0303. The highest BCUT2D eigenvalue weighted by Crippen LogP contribution is 2.28. The van der Waals surface area contributed by atoms with Gasteiger partial charge in [0.1, 0.15) is 0 Å². The summed E-state index contributed by atoms with van der Waals surface area (Å²) in [5.74, 6) is 0.0240. The molecular weight excluding hydrogens is 316 g/mol. The molecule has 0 spiro atoms. The molecule has 0 saturated carbocycles. The Morgan fingerprint density at radius 1 is 1.16 bits per heavy atom. The fourth-order valence-electron chi connectivity index (χ4n) is 3.09. The number of rotatable bonds is 2. The van der Waals surface area contributed by atoms with Crippen molar-refractivity contribution in [2.75, 3.05) is 26.3 Å². The summed E-state index contributed by atoms with van der Waals surface area (Å²) in [5.41, 5.74) is 4.12. The maximum absolute atomic E-state index is 12.8. The fourth-order valence-corrected chi connectivity index (χ4v) is 3.09. The summed E-state index contributed by atoms with van der Waals surface area (Å²) in [4.78, 5) is 27.7. The van der Waals surface area contributed by atoms with Gasteiger partial charge in [-0.1, -0.05) is 0 Å². The second-order valence-corrected chi connectivity index (χ2v) is 6.04. The van der Waals surface area contributed by atoms with Gasteiger partial charge in [-0.2, -0.15) is 0 Å². The van der Waals surface area contributed by atoms with Crippen molar-refractivity contribution in [1.29, 1.82) is 0 Å². The summed E-state index contributed by atoms with van der Waals surface area (Å²) in [6.07, 6.45) is 5.04. The minimum Gasteiger partial charge on any atom is -0.378 e. The molecule has 2 aromatic heterocycles. The third-order valence-corrected chi connectivity index (χ3v) is 4.32. The number of ether oxygens (including phenoxy) is 1. The standard InChI is InChI=1S/C19H18N4O2/c1-13-10-15(18-12-20-4-5-21-18)16-11-14(2-3-17(16)22-13)19(24)23-6-8-25-9-7-23/h2-5,10-12H,6-9H2,1H3. The number of carbonyl (C=O) groups is 1. The lowest BCUT2D eigenvalue weighted by atomic mass is 10.0. The topological polar surface area (TPSA) is 68.2 Å². The smallest absolute Gasteiger partial charge is 0.254 e. The first kappa shape index (κ1) is 15.7. The van der Waals surface area contributed by atoms with Crippen molar-refractivity contribution in [1.82, 2.24) is 19.9 Å². The van der Waals surface area contributed by atoms with Gasteiger partial charge < -0.3 is 9.64 Å². The third-order valence-electron chi connectivity index (χ3n) is 4.32. The Balaban J connectivity index is 1.81. The summed E-state index contributed by atoms with van der Waals surface area (Å²) >= 11 is 0. The van der Waals surface area contributed by atoms with Crippen LogP contribution < -0.4 is 0 Å². The molecule has 25 heavy (non-hydrogen) atoms. The molecule has 6 heteroatoms. The highest BCUT2D eigenvalue weighted by molar-refractivity contribution is 6.01. The van der Waals surface area contributed by atoms with Crippen molar-refractivity contribution >= 4 is 16.8 Å². The molecule has 0 aliphatic carbocycles. The molecule has 0 atom stereocenters. The number of morpholine rings is 1. The molecule has 1 aromatic carbocycles. The molecule has 1 saturated heterocycles. The van der Waals surface area contributed by atoms with E-state index in [0.29, 0.717) is 31.9 Å². The summed E-state index contributed by atoms with van der Waals surface area (Å²) < 4.78 is 5.33. The van der Waals surface area contributed by atoms with E-state index in [9.17, 15) is 4.79 Å². The van der Waals surface area contributed by atoms with Gasteiger partial charge in [0, 0.05) is 47.7 Å². The van der Waals surface area contributed by atoms with E-state index in [-0.39, 0.29) is 5.91 Å². The van der Waals surface area contributed by atoms with E-state index in [4.69, 9.17) is 4.74 Å². The van der Waals surface area contributed by atoms with Crippen LogP contribution in [0.25, 0.3) is 22.2 Å². The van der Waals surface area contributed by atoms with Gasteiger partial charge in [0.2, 0.25) is 0 Å². The van der Waals surface area contributed by atoms with Crippen LogP contribution in [-0.4, -0.2) is 52.1 Å². The molecule has 1 fully saturated rings. The summed E-state index contributed by atoms with van der Waals surface area (Å²) in [6.45, 7) is 4.38. The highest BCUT2D eigenvalue weighted by atomic mass is 16.5.